The Labute approximate surface area is 46.9 Å². The number of hydrogen-bond acceptors (Lipinski definition) is 3. The first kappa shape index (κ1) is 4.95. The van der Waals surface area contributed by atoms with Crippen molar-refractivity contribution in [3.63, 3.8) is 0 Å². The summed E-state index contributed by atoms with van der Waals surface area (Å²) in [7, 11) is 0. The van der Waals surface area contributed by atoms with Gasteiger partial charge in [0.05, 0.1) is 0 Å². The minimum absolute atomic E-state index is 0.643. The third kappa shape index (κ3) is 1.81. The molecule has 0 aromatic carbocycles. The Morgan fingerprint density at radius 2 is 2.71 bits per heavy atom. The van der Waals surface area contributed by atoms with Gasteiger partial charge in [0, 0.05) is 18.3 Å². The van der Waals surface area contributed by atoms with Gasteiger partial charge in [-0.1, -0.05) is 0 Å². The lowest BCUT2D eigenvalue weighted by Crippen LogP contribution is -1.91. The first-order valence-electron chi connectivity index (χ1n) is 2.18. The van der Waals surface area contributed by atoms with Gasteiger partial charge in [0.25, 0.3) is 0 Å². The van der Waals surface area contributed by atoms with Crippen LogP contribution in [0.5, 0.6) is 0 Å². The third-order valence-corrected chi connectivity index (χ3v) is 1.54. The van der Waals surface area contributed by atoms with E-state index in [-0.39, 0.29) is 0 Å². The van der Waals surface area contributed by atoms with E-state index >= 15 is 0 Å². The largest absolute Gasteiger partial charge is 0.310 e. The van der Waals surface area contributed by atoms with Crippen molar-refractivity contribution in [1.29, 1.82) is 5.26 Å². The summed E-state index contributed by atoms with van der Waals surface area (Å²) in [5.74, 6) is 0.955. The van der Waals surface area contributed by atoms with Crippen LogP contribution in [0, 0.1) is 10.7 Å². The molecule has 0 amide bonds. The molecule has 0 aromatic heterocycles. The topological polar surface area (TPSA) is 45.7 Å². The van der Waals surface area contributed by atoms with Crippen molar-refractivity contribution in [1.82, 2.24) is 5.32 Å². The number of thioether (sulfide) groups is 1. The van der Waals surface area contributed by atoms with Crippen LogP contribution in [-0.2, 0) is 0 Å². The molecule has 1 fully saturated rings. The molecule has 1 atom stereocenters. The standard InChI is InChI=1S/C4H6N2S/c5-3-7-2-4-1-6-4/h4,6H,1-2H2. The molecule has 2 nitrogen and oxygen atoms in total. The molecule has 1 N–H and O–H groups in total. The van der Waals surface area contributed by atoms with Crippen molar-refractivity contribution in [2.24, 2.45) is 0 Å². The van der Waals surface area contributed by atoms with Crippen molar-refractivity contribution >= 4 is 11.8 Å². The Morgan fingerprint density at radius 3 is 3.14 bits per heavy atom. The van der Waals surface area contributed by atoms with Gasteiger partial charge in [-0.05, 0) is 11.8 Å². The van der Waals surface area contributed by atoms with Gasteiger partial charge in [0.1, 0.15) is 5.40 Å². The Kier molecular flexibility index (Phi) is 1.55. The molecule has 1 aliphatic heterocycles. The molecule has 0 radical (unpaired) electrons. The van der Waals surface area contributed by atoms with Crippen LogP contribution in [0.15, 0.2) is 0 Å². The summed E-state index contributed by atoms with van der Waals surface area (Å²) in [5, 5.41) is 13.1. The lowest BCUT2D eigenvalue weighted by molar-refractivity contribution is 1.11. The first-order chi connectivity index (χ1) is 3.43. The van der Waals surface area contributed by atoms with Gasteiger partial charge >= 0.3 is 0 Å². The van der Waals surface area contributed by atoms with Gasteiger partial charge < -0.3 is 5.32 Å². The second kappa shape index (κ2) is 2.20. The molecule has 3 heteroatoms. The molecule has 0 bridgehead atoms. The Balaban J connectivity index is 1.91. The summed E-state index contributed by atoms with van der Waals surface area (Å²) in [6.07, 6.45) is 0. The highest BCUT2D eigenvalue weighted by molar-refractivity contribution is 8.03. The van der Waals surface area contributed by atoms with Crippen molar-refractivity contribution in [2.45, 2.75) is 6.04 Å². The second-order valence-electron chi connectivity index (χ2n) is 1.51. The summed E-state index contributed by atoms with van der Waals surface area (Å²) in [6, 6.07) is 0.643. The zero-order valence-electron chi connectivity index (χ0n) is 3.85. The molecular weight excluding hydrogens is 108 g/mol. The number of nitriles is 1. The van der Waals surface area contributed by atoms with E-state index in [0.717, 1.165) is 12.3 Å². The molecule has 0 aliphatic carbocycles. The van der Waals surface area contributed by atoms with Crippen LogP contribution in [0.3, 0.4) is 0 Å². The summed E-state index contributed by atoms with van der Waals surface area (Å²) < 4.78 is 0. The maximum Gasteiger partial charge on any atom is 0.133 e. The molecule has 1 saturated heterocycles. The van der Waals surface area contributed by atoms with Crippen LogP contribution in [-0.4, -0.2) is 18.3 Å². The van der Waals surface area contributed by atoms with E-state index in [1.807, 2.05) is 5.40 Å². The predicted molar refractivity (Wildman–Crippen MR) is 29.9 cm³/mol. The molecule has 0 aromatic rings. The number of nitrogens with one attached hydrogen (secondary N) is 1. The van der Waals surface area contributed by atoms with E-state index in [9.17, 15) is 0 Å². The van der Waals surface area contributed by atoms with Crippen molar-refractivity contribution < 1.29 is 0 Å². The first-order valence-corrected chi connectivity index (χ1v) is 3.16. The lowest BCUT2D eigenvalue weighted by Gasteiger charge is -1.79. The SMILES string of the molecule is N#CSCC1CN1. The predicted octanol–water partition coefficient (Wildman–Crippen LogP) is 0.172. The molecule has 38 valence electrons. The summed E-state index contributed by atoms with van der Waals surface area (Å²) in [6.45, 7) is 1.11. The van der Waals surface area contributed by atoms with E-state index in [1.165, 1.54) is 11.8 Å². The number of thiocyanates is 1. The van der Waals surface area contributed by atoms with Crippen LogP contribution in [0.1, 0.15) is 0 Å². The summed E-state index contributed by atoms with van der Waals surface area (Å²) >= 11 is 1.32. The number of nitrogens with zero attached hydrogens (tertiary/aromatic N) is 1. The zero-order chi connectivity index (χ0) is 5.11. The van der Waals surface area contributed by atoms with Gasteiger partial charge in [0.2, 0.25) is 0 Å². The minimum Gasteiger partial charge on any atom is -0.310 e. The van der Waals surface area contributed by atoms with Gasteiger partial charge in [0.15, 0.2) is 0 Å². The van der Waals surface area contributed by atoms with Gasteiger partial charge in [-0.15, -0.1) is 0 Å². The average molecular weight is 114 g/mol. The normalized spacial score (nSPS) is 26.4. The van der Waals surface area contributed by atoms with Gasteiger partial charge in [-0.2, -0.15) is 5.26 Å². The summed E-state index contributed by atoms with van der Waals surface area (Å²) in [4.78, 5) is 0. The molecule has 1 aliphatic rings. The highest BCUT2D eigenvalue weighted by Crippen LogP contribution is 2.05. The maximum atomic E-state index is 8.03. The molecular formula is C4H6N2S. The monoisotopic (exact) mass is 114 g/mol. The van der Waals surface area contributed by atoms with E-state index in [0.29, 0.717) is 6.04 Å². The Morgan fingerprint density at radius 1 is 2.00 bits per heavy atom. The number of rotatable bonds is 2. The average Bonchev–Trinajstić information content (AvgIpc) is 2.42. The zero-order valence-corrected chi connectivity index (χ0v) is 4.66. The van der Waals surface area contributed by atoms with E-state index in [2.05, 4.69) is 5.32 Å². The highest BCUT2D eigenvalue weighted by atomic mass is 32.2. The van der Waals surface area contributed by atoms with Crippen molar-refractivity contribution in [3.8, 4) is 5.40 Å². The maximum absolute atomic E-state index is 8.03. The van der Waals surface area contributed by atoms with Crippen LogP contribution in [0.25, 0.3) is 0 Å². The fourth-order valence-corrected chi connectivity index (χ4v) is 0.850. The van der Waals surface area contributed by atoms with Crippen LogP contribution < -0.4 is 5.32 Å². The highest BCUT2D eigenvalue weighted by Gasteiger charge is 2.18. The molecule has 1 unspecified atom stereocenters. The molecule has 1 rings (SSSR count). The van der Waals surface area contributed by atoms with Crippen LogP contribution in [0.4, 0.5) is 0 Å². The van der Waals surface area contributed by atoms with Crippen molar-refractivity contribution in [2.75, 3.05) is 12.3 Å². The lowest BCUT2D eigenvalue weighted by atomic mass is 10.6. The van der Waals surface area contributed by atoms with Crippen LogP contribution in [0.2, 0.25) is 0 Å². The van der Waals surface area contributed by atoms with E-state index < -0.39 is 0 Å². The third-order valence-electron chi connectivity index (χ3n) is 0.842. The van der Waals surface area contributed by atoms with E-state index in [1.54, 1.807) is 0 Å². The second-order valence-corrected chi connectivity index (χ2v) is 2.31. The summed E-state index contributed by atoms with van der Waals surface area (Å²) in [5.41, 5.74) is 0. The number of hydrogen-bond donors (Lipinski definition) is 1. The quantitative estimate of drug-likeness (QED) is 0.411. The van der Waals surface area contributed by atoms with Gasteiger partial charge in [-0.3, -0.25) is 0 Å². The fraction of sp³-hybridized carbons (Fsp3) is 0.750. The van der Waals surface area contributed by atoms with Crippen molar-refractivity contribution in [3.05, 3.63) is 0 Å². The molecule has 7 heavy (non-hydrogen) atoms. The molecule has 0 spiro atoms. The molecule has 1 heterocycles. The fourth-order valence-electron chi connectivity index (χ4n) is 0.339. The Bertz CT molecular complexity index is 92.4. The van der Waals surface area contributed by atoms with Crippen LogP contribution >= 0.6 is 11.8 Å². The smallest absolute Gasteiger partial charge is 0.133 e. The molecule has 0 saturated carbocycles. The van der Waals surface area contributed by atoms with Gasteiger partial charge in [-0.25, -0.2) is 0 Å². The van der Waals surface area contributed by atoms with E-state index in [4.69, 9.17) is 5.26 Å². The minimum atomic E-state index is 0.643. The Hall–Kier alpha value is -0.200.